The zero-order valence-corrected chi connectivity index (χ0v) is 18.5. The maximum atomic E-state index is 12.3. The second-order valence-corrected chi connectivity index (χ2v) is 9.41. The maximum absolute atomic E-state index is 12.3. The Morgan fingerprint density at radius 2 is 1.84 bits per heavy atom. The van der Waals surface area contributed by atoms with Crippen molar-refractivity contribution in [3.8, 4) is 6.07 Å². The Morgan fingerprint density at radius 1 is 1.16 bits per heavy atom. The van der Waals surface area contributed by atoms with E-state index in [0.717, 1.165) is 6.26 Å². The van der Waals surface area contributed by atoms with Gasteiger partial charge >= 0.3 is 0 Å². The second-order valence-electron chi connectivity index (χ2n) is 6.56. The monoisotopic (exact) mass is 456 g/mol. The molecule has 0 fully saturated rings. The molecule has 2 aromatic carbocycles. The van der Waals surface area contributed by atoms with Gasteiger partial charge in [0.2, 0.25) is 15.9 Å². The topological polar surface area (TPSA) is 121 Å². The predicted molar refractivity (Wildman–Crippen MR) is 119 cm³/mol. The predicted octanol–water partition coefficient (Wildman–Crippen LogP) is 2.38. The molecule has 3 rings (SSSR count). The highest BCUT2D eigenvalue weighted by atomic mass is 32.2. The maximum Gasteiger partial charge on any atom is 0.234 e. The Bertz CT molecular complexity index is 1220. The van der Waals surface area contributed by atoms with Crippen LogP contribution in [0, 0.1) is 11.3 Å². The molecule has 1 aromatic heterocycles. The summed E-state index contributed by atoms with van der Waals surface area (Å²) in [6.45, 7) is 0.00858. The average molecular weight is 457 g/mol. The molecule has 0 atom stereocenters. The smallest absolute Gasteiger partial charge is 0.234 e. The van der Waals surface area contributed by atoms with Crippen LogP contribution in [0.25, 0.3) is 0 Å². The molecule has 0 bridgehead atoms. The number of anilines is 2. The van der Waals surface area contributed by atoms with Crippen molar-refractivity contribution in [1.29, 1.82) is 5.26 Å². The number of para-hydroxylation sites is 2. The number of nitrogens with zero attached hydrogens (tertiary/aromatic N) is 5. The number of aromatic nitrogens is 3. The molecular formula is C20H20N6O3S2. The van der Waals surface area contributed by atoms with E-state index >= 15 is 0 Å². The number of rotatable bonds is 8. The first-order valence-corrected chi connectivity index (χ1v) is 12.0. The normalized spacial score (nSPS) is 11.0. The summed E-state index contributed by atoms with van der Waals surface area (Å²) in [4.78, 5) is 12.3. The minimum absolute atomic E-state index is 0.00858. The summed E-state index contributed by atoms with van der Waals surface area (Å²) in [6, 6.07) is 17.5. The third kappa shape index (κ3) is 5.62. The molecule has 31 heavy (non-hydrogen) atoms. The van der Waals surface area contributed by atoms with Gasteiger partial charge in [-0.2, -0.15) is 5.26 Å². The van der Waals surface area contributed by atoms with Gasteiger partial charge < -0.3 is 9.88 Å². The van der Waals surface area contributed by atoms with Gasteiger partial charge in [0.25, 0.3) is 0 Å². The number of hydrogen-bond acceptors (Lipinski definition) is 7. The summed E-state index contributed by atoms with van der Waals surface area (Å²) in [5, 5.41) is 20.5. The lowest BCUT2D eigenvalue weighted by atomic mass is 10.2. The number of amides is 1. The van der Waals surface area contributed by atoms with E-state index in [1.165, 1.54) is 16.1 Å². The third-order valence-corrected chi connectivity index (χ3v) is 6.47. The molecular weight excluding hydrogens is 436 g/mol. The van der Waals surface area contributed by atoms with Gasteiger partial charge in [0, 0.05) is 7.05 Å². The van der Waals surface area contributed by atoms with Crippen molar-refractivity contribution < 1.29 is 13.2 Å². The number of carbonyl (C=O) groups is 1. The number of nitriles is 1. The van der Waals surface area contributed by atoms with Crippen LogP contribution < -0.4 is 9.62 Å². The van der Waals surface area contributed by atoms with Crippen LogP contribution in [0.5, 0.6) is 0 Å². The lowest BCUT2D eigenvalue weighted by molar-refractivity contribution is -0.113. The summed E-state index contributed by atoms with van der Waals surface area (Å²) in [7, 11) is -1.82. The highest BCUT2D eigenvalue weighted by Crippen LogP contribution is 2.22. The van der Waals surface area contributed by atoms with Crippen LogP contribution >= 0.6 is 11.8 Å². The van der Waals surface area contributed by atoms with Gasteiger partial charge in [0.15, 0.2) is 11.0 Å². The summed E-state index contributed by atoms with van der Waals surface area (Å²) in [6.07, 6.45) is 1.13. The van der Waals surface area contributed by atoms with Gasteiger partial charge in [-0.05, 0) is 24.3 Å². The number of nitrogens with one attached hydrogen (secondary N) is 1. The lowest BCUT2D eigenvalue weighted by Gasteiger charge is -2.21. The largest absolute Gasteiger partial charge is 0.324 e. The van der Waals surface area contributed by atoms with Gasteiger partial charge in [0.05, 0.1) is 35.5 Å². The van der Waals surface area contributed by atoms with Crippen molar-refractivity contribution >= 4 is 39.1 Å². The molecule has 160 valence electrons. The van der Waals surface area contributed by atoms with E-state index in [-0.39, 0.29) is 18.2 Å². The summed E-state index contributed by atoms with van der Waals surface area (Å²) >= 11 is 1.17. The fourth-order valence-corrected chi connectivity index (χ4v) is 4.32. The first kappa shape index (κ1) is 22.3. The van der Waals surface area contributed by atoms with Gasteiger partial charge in [-0.3, -0.25) is 9.10 Å². The van der Waals surface area contributed by atoms with Crippen LogP contribution in [0.4, 0.5) is 11.4 Å². The summed E-state index contributed by atoms with van der Waals surface area (Å²) < 4.78 is 27.5. The molecule has 1 amide bonds. The minimum atomic E-state index is -3.54. The molecule has 0 saturated heterocycles. The fourth-order valence-electron chi connectivity index (χ4n) is 2.74. The quantitative estimate of drug-likeness (QED) is 0.517. The highest BCUT2D eigenvalue weighted by Gasteiger charge is 2.21. The number of benzene rings is 2. The van der Waals surface area contributed by atoms with Gasteiger partial charge in [-0.15, -0.1) is 10.2 Å². The first-order valence-electron chi connectivity index (χ1n) is 9.12. The van der Waals surface area contributed by atoms with Crippen molar-refractivity contribution in [2.45, 2.75) is 11.7 Å². The Hall–Kier alpha value is -3.36. The molecule has 11 heteroatoms. The van der Waals surface area contributed by atoms with E-state index in [9.17, 15) is 13.2 Å². The number of thioether (sulfide) groups is 1. The van der Waals surface area contributed by atoms with Gasteiger partial charge in [-0.1, -0.05) is 42.1 Å². The van der Waals surface area contributed by atoms with E-state index in [1.54, 1.807) is 66.2 Å². The fraction of sp³-hybridized carbons (Fsp3) is 0.200. The SMILES string of the molecule is Cn1c(CN(c2ccccc2)S(C)(=O)=O)nnc1SCC(=O)Nc1ccccc1C#N. The van der Waals surface area contributed by atoms with Crippen molar-refractivity contribution in [2.75, 3.05) is 21.6 Å². The van der Waals surface area contributed by atoms with Gasteiger partial charge in [-0.25, -0.2) is 8.42 Å². The van der Waals surface area contributed by atoms with Crippen LogP contribution in [0.2, 0.25) is 0 Å². The lowest BCUT2D eigenvalue weighted by Crippen LogP contribution is -2.30. The standard InChI is InChI=1S/C20H20N6O3S2/c1-25-18(13-26(31(2,28)29)16-9-4-3-5-10-16)23-24-20(25)30-14-19(27)22-17-11-7-6-8-15(17)12-21/h3-11H,13-14H2,1-2H3,(H,22,27). The summed E-state index contributed by atoms with van der Waals surface area (Å²) in [5.41, 5.74) is 1.35. The van der Waals surface area contributed by atoms with Crippen LogP contribution in [0.1, 0.15) is 11.4 Å². The van der Waals surface area contributed by atoms with Crippen LogP contribution in [0.15, 0.2) is 59.8 Å². The molecule has 9 nitrogen and oxygen atoms in total. The second kappa shape index (κ2) is 9.63. The number of carbonyl (C=O) groups excluding carboxylic acids is 1. The molecule has 1 heterocycles. The van der Waals surface area contributed by atoms with E-state index < -0.39 is 10.0 Å². The van der Waals surface area contributed by atoms with Crippen LogP contribution in [-0.4, -0.2) is 41.1 Å². The molecule has 3 aromatic rings. The van der Waals surface area contributed by atoms with Crippen molar-refractivity contribution in [1.82, 2.24) is 14.8 Å². The Kier molecular flexibility index (Phi) is 6.94. The summed E-state index contributed by atoms with van der Waals surface area (Å²) in [5.74, 6) is 0.200. The van der Waals surface area contributed by atoms with Crippen molar-refractivity contribution in [3.63, 3.8) is 0 Å². The highest BCUT2D eigenvalue weighted by molar-refractivity contribution is 7.99. The molecule has 0 unspecified atom stereocenters. The molecule has 0 saturated carbocycles. The Morgan fingerprint density at radius 3 is 2.52 bits per heavy atom. The molecule has 0 aliphatic carbocycles. The zero-order valence-electron chi connectivity index (χ0n) is 16.9. The van der Waals surface area contributed by atoms with Gasteiger partial charge in [0.1, 0.15) is 6.07 Å². The van der Waals surface area contributed by atoms with E-state index in [0.29, 0.717) is 27.9 Å². The molecule has 0 aliphatic rings. The molecule has 0 aliphatic heterocycles. The Balaban J connectivity index is 1.68. The average Bonchev–Trinajstić information content (AvgIpc) is 3.10. The first-order chi connectivity index (χ1) is 14.8. The number of sulfonamides is 1. The minimum Gasteiger partial charge on any atom is -0.324 e. The third-order valence-electron chi connectivity index (χ3n) is 4.31. The van der Waals surface area contributed by atoms with Crippen molar-refractivity contribution in [2.24, 2.45) is 7.05 Å². The van der Waals surface area contributed by atoms with E-state index in [1.807, 2.05) is 6.07 Å². The van der Waals surface area contributed by atoms with Crippen LogP contribution in [-0.2, 0) is 28.4 Å². The van der Waals surface area contributed by atoms with Crippen LogP contribution in [0.3, 0.4) is 0 Å². The van der Waals surface area contributed by atoms with E-state index in [4.69, 9.17) is 5.26 Å². The molecule has 1 N–H and O–H groups in total. The number of hydrogen-bond donors (Lipinski definition) is 1. The molecule has 0 radical (unpaired) electrons. The zero-order chi connectivity index (χ0) is 22.4. The molecule has 0 spiro atoms. The van der Waals surface area contributed by atoms with E-state index in [2.05, 4.69) is 15.5 Å². The Labute approximate surface area is 184 Å². The van der Waals surface area contributed by atoms with Crippen molar-refractivity contribution in [3.05, 3.63) is 66.0 Å².